The maximum Gasteiger partial charge on any atom is 0.221 e. The van der Waals surface area contributed by atoms with Crippen LogP contribution in [0.5, 0.6) is 0 Å². The minimum atomic E-state index is -0.0476. The number of benzene rings is 2. The van der Waals surface area contributed by atoms with Crippen molar-refractivity contribution in [1.29, 1.82) is 0 Å². The second kappa shape index (κ2) is 6.87. The summed E-state index contributed by atoms with van der Waals surface area (Å²) in [6.45, 7) is 4.37. The Balaban J connectivity index is 2.02. The maximum atomic E-state index is 11.2. The fraction of sp³-hybridized carbons (Fsp3) is 0.235. The molecular formula is C17H20N2O. The molecule has 0 heterocycles. The van der Waals surface area contributed by atoms with E-state index >= 15 is 0 Å². The largest absolute Gasteiger partial charge is 0.326 e. The van der Waals surface area contributed by atoms with Crippen molar-refractivity contribution in [2.24, 2.45) is 0 Å². The highest BCUT2D eigenvalue weighted by molar-refractivity contribution is 5.89. The summed E-state index contributed by atoms with van der Waals surface area (Å²) in [6.07, 6.45) is 0. The number of hydrogen-bond donors (Lipinski definition) is 2. The SMILES string of the molecule is CC(=O)Nc1ccccc1CNC(C)c1ccccc1. The minimum Gasteiger partial charge on any atom is -0.326 e. The Kier molecular flexibility index (Phi) is 4.91. The summed E-state index contributed by atoms with van der Waals surface area (Å²) in [6, 6.07) is 18.4. The molecule has 0 saturated heterocycles. The number of amides is 1. The monoisotopic (exact) mass is 268 g/mol. The first-order valence-corrected chi connectivity index (χ1v) is 6.80. The quantitative estimate of drug-likeness (QED) is 0.871. The van der Waals surface area contributed by atoms with Crippen LogP contribution in [0.3, 0.4) is 0 Å². The number of para-hydroxylation sites is 1. The summed E-state index contributed by atoms with van der Waals surface area (Å²) < 4.78 is 0. The molecule has 1 unspecified atom stereocenters. The van der Waals surface area contributed by atoms with E-state index in [2.05, 4.69) is 29.7 Å². The van der Waals surface area contributed by atoms with E-state index in [4.69, 9.17) is 0 Å². The molecule has 0 aliphatic carbocycles. The lowest BCUT2D eigenvalue weighted by Gasteiger charge is -2.16. The van der Waals surface area contributed by atoms with Crippen LogP contribution in [-0.2, 0) is 11.3 Å². The van der Waals surface area contributed by atoms with Crippen molar-refractivity contribution in [3.63, 3.8) is 0 Å². The van der Waals surface area contributed by atoms with Gasteiger partial charge in [0.2, 0.25) is 5.91 Å². The highest BCUT2D eigenvalue weighted by Crippen LogP contribution is 2.17. The second-order valence-electron chi connectivity index (χ2n) is 4.85. The van der Waals surface area contributed by atoms with Crippen molar-refractivity contribution < 1.29 is 4.79 Å². The summed E-state index contributed by atoms with van der Waals surface area (Å²) in [5.41, 5.74) is 3.21. The van der Waals surface area contributed by atoms with Crippen LogP contribution in [-0.4, -0.2) is 5.91 Å². The van der Waals surface area contributed by atoms with Crippen molar-refractivity contribution in [2.45, 2.75) is 26.4 Å². The number of nitrogens with one attached hydrogen (secondary N) is 2. The Morgan fingerprint density at radius 3 is 2.40 bits per heavy atom. The zero-order valence-electron chi connectivity index (χ0n) is 11.9. The normalized spacial score (nSPS) is 11.9. The van der Waals surface area contributed by atoms with Crippen LogP contribution in [0, 0.1) is 0 Å². The van der Waals surface area contributed by atoms with Gasteiger partial charge in [0.25, 0.3) is 0 Å². The molecule has 0 aliphatic rings. The smallest absolute Gasteiger partial charge is 0.221 e. The van der Waals surface area contributed by atoms with Crippen LogP contribution >= 0.6 is 0 Å². The third-order valence-electron chi connectivity index (χ3n) is 3.23. The molecule has 1 amide bonds. The Morgan fingerprint density at radius 2 is 1.70 bits per heavy atom. The molecule has 104 valence electrons. The van der Waals surface area contributed by atoms with Crippen molar-refractivity contribution >= 4 is 11.6 Å². The molecule has 2 N–H and O–H groups in total. The molecule has 0 radical (unpaired) electrons. The maximum absolute atomic E-state index is 11.2. The fourth-order valence-corrected chi connectivity index (χ4v) is 2.11. The highest BCUT2D eigenvalue weighted by atomic mass is 16.1. The van der Waals surface area contributed by atoms with E-state index in [0.29, 0.717) is 6.54 Å². The van der Waals surface area contributed by atoms with Crippen molar-refractivity contribution in [3.05, 3.63) is 65.7 Å². The van der Waals surface area contributed by atoms with E-state index in [1.54, 1.807) is 0 Å². The molecule has 0 fully saturated rings. The predicted molar refractivity (Wildman–Crippen MR) is 82.4 cm³/mol. The van der Waals surface area contributed by atoms with E-state index < -0.39 is 0 Å². The second-order valence-corrected chi connectivity index (χ2v) is 4.85. The number of rotatable bonds is 5. The van der Waals surface area contributed by atoms with E-state index in [1.807, 2.05) is 42.5 Å². The number of carbonyl (C=O) groups excluding carboxylic acids is 1. The number of hydrogen-bond acceptors (Lipinski definition) is 2. The van der Waals surface area contributed by atoms with Gasteiger partial charge in [-0.1, -0.05) is 48.5 Å². The lowest BCUT2D eigenvalue weighted by molar-refractivity contribution is -0.114. The van der Waals surface area contributed by atoms with Gasteiger partial charge in [-0.05, 0) is 24.1 Å². The molecule has 0 saturated carbocycles. The first-order valence-electron chi connectivity index (χ1n) is 6.80. The Labute approximate surface area is 120 Å². The molecule has 3 nitrogen and oxygen atoms in total. The van der Waals surface area contributed by atoms with Gasteiger partial charge in [0, 0.05) is 25.2 Å². The first-order chi connectivity index (χ1) is 9.66. The van der Waals surface area contributed by atoms with E-state index in [1.165, 1.54) is 12.5 Å². The summed E-state index contributed by atoms with van der Waals surface area (Å²) in [5.74, 6) is -0.0476. The zero-order chi connectivity index (χ0) is 14.4. The van der Waals surface area contributed by atoms with Crippen LogP contribution in [0.2, 0.25) is 0 Å². The minimum absolute atomic E-state index is 0.0476. The summed E-state index contributed by atoms with van der Waals surface area (Å²) in [4.78, 5) is 11.2. The third kappa shape index (κ3) is 3.93. The Bertz CT molecular complexity index is 566. The summed E-state index contributed by atoms with van der Waals surface area (Å²) in [7, 11) is 0. The van der Waals surface area contributed by atoms with Gasteiger partial charge >= 0.3 is 0 Å². The lowest BCUT2D eigenvalue weighted by Crippen LogP contribution is -2.19. The van der Waals surface area contributed by atoms with Gasteiger partial charge < -0.3 is 10.6 Å². The lowest BCUT2D eigenvalue weighted by atomic mass is 10.1. The molecule has 0 spiro atoms. The van der Waals surface area contributed by atoms with Crippen LogP contribution in [0.15, 0.2) is 54.6 Å². The Morgan fingerprint density at radius 1 is 1.05 bits per heavy atom. The molecule has 2 aromatic carbocycles. The summed E-state index contributed by atoms with van der Waals surface area (Å²) in [5, 5.41) is 6.34. The number of anilines is 1. The first kappa shape index (κ1) is 14.3. The van der Waals surface area contributed by atoms with Gasteiger partial charge in [-0.2, -0.15) is 0 Å². The third-order valence-corrected chi connectivity index (χ3v) is 3.23. The average molecular weight is 268 g/mol. The summed E-state index contributed by atoms with van der Waals surface area (Å²) >= 11 is 0. The Hall–Kier alpha value is -2.13. The van der Waals surface area contributed by atoms with Crippen LogP contribution in [0.4, 0.5) is 5.69 Å². The molecule has 0 aromatic heterocycles. The molecule has 0 aliphatic heterocycles. The topological polar surface area (TPSA) is 41.1 Å². The molecular weight excluding hydrogens is 248 g/mol. The van der Waals surface area contributed by atoms with Gasteiger partial charge in [-0.25, -0.2) is 0 Å². The van der Waals surface area contributed by atoms with Gasteiger partial charge in [-0.15, -0.1) is 0 Å². The van der Waals surface area contributed by atoms with E-state index in [0.717, 1.165) is 11.3 Å². The van der Waals surface area contributed by atoms with Gasteiger partial charge in [-0.3, -0.25) is 4.79 Å². The van der Waals surface area contributed by atoms with Crippen LogP contribution in [0.25, 0.3) is 0 Å². The van der Waals surface area contributed by atoms with Gasteiger partial charge in [0.05, 0.1) is 0 Å². The van der Waals surface area contributed by atoms with E-state index in [-0.39, 0.29) is 11.9 Å². The van der Waals surface area contributed by atoms with Gasteiger partial charge in [0.15, 0.2) is 0 Å². The molecule has 1 atom stereocenters. The molecule has 3 heteroatoms. The zero-order valence-corrected chi connectivity index (χ0v) is 11.9. The highest BCUT2D eigenvalue weighted by Gasteiger charge is 2.07. The average Bonchev–Trinajstić information content (AvgIpc) is 2.46. The van der Waals surface area contributed by atoms with Crippen molar-refractivity contribution in [2.75, 3.05) is 5.32 Å². The van der Waals surface area contributed by atoms with Crippen LogP contribution in [0.1, 0.15) is 31.0 Å². The molecule has 2 aromatic rings. The van der Waals surface area contributed by atoms with Crippen LogP contribution < -0.4 is 10.6 Å². The predicted octanol–water partition coefficient (Wildman–Crippen LogP) is 3.50. The number of carbonyl (C=O) groups is 1. The molecule has 2 rings (SSSR count). The molecule has 0 bridgehead atoms. The van der Waals surface area contributed by atoms with E-state index in [9.17, 15) is 4.79 Å². The standard InChI is InChI=1S/C17H20N2O/c1-13(15-8-4-3-5-9-15)18-12-16-10-6-7-11-17(16)19-14(2)20/h3-11,13,18H,12H2,1-2H3,(H,19,20). The van der Waals surface area contributed by atoms with Crippen molar-refractivity contribution in [1.82, 2.24) is 5.32 Å². The van der Waals surface area contributed by atoms with Gasteiger partial charge in [0.1, 0.15) is 0 Å². The van der Waals surface area contributed by atoms with Crippen molar-refractivity contribution in [3.8, 4) is 0 Å². The fourth-order valence-electron chi connectivity index (χ4n) is 2.11. The molecule has 20 heavy (non-hydrogen) atoms.